The third-order valence-corrected chi connectivity index (χ3v) is 4.01. The van der Waals surface area contributed by atoms with Crippen LogP contribution < -0.4 is 0 Å². The Kier molecular flexibility index (Phi) is 3.15. The maximum absolute atomic E-state index is 10.8. The molecule has 19 heavy (non-hydrogen) atoms. The number of hydrogen-bond acceptors (Lipinski definition) is 2. The summed E-state index contributed by atoms with van der Waals surface area (Å²) in [6.45, 7) is 0. The zero-order chi connectivity index (χ0) is 13.4. The van der Waals surface area contributed by atoms with E-state index in [0.717, 1.165) is 41.4 Å². The molecule has 0 spiro atoms. The summed E-state index contributed by atoms with van der Waals surface area (Å²) < 4.78 is 0. The molecule has 1 aliphatic rings. The van der Waals surface area contributed by atoms with Crippen molar-refractivity contribution in [1.82, 2.24) is 4.98 Å². The van der Waals surface area contributed by atoms with Gasteiger partial charge in [-0.3, -0.25) is 9.78 Å². The molecular formula is C15H14ClNO2. The summed E-state index contributed by atoms with van der Waals surface area (Å²) in [7, 11) is 0. The lowest BCUT2D eigenvalue weighted by Gasteiger charge is -2.12. The van der Waals surface area contributed by atoms with E-state index >= 15 is 0 Å². The van der Waals surface area contributed by atoms with Crippen molar-refractivity contribution < 1.29 is 9.90 Å². The van der Waals surface area contributed by atoms with Crippen molar-refractivity contribution in [2.45, 2.75) is 32.1 Å². The quantitative estimate of drug-likeness (QED) is 0.934. The van der Waals surface area contributed by atoms with Gasteiger partial charge in [-0.15, -0.1) is 0 Å². The SMILES string of the molecule is O=C(O)CCc1c2c(nc3c(Cl)cccc13)CCC2. The Bertz CT molecular complexity index is 667. The van der Waals surface area contributed by atoms with Crippen LogP contribution >= 0.6 is 11.6 Å². The standard InChI is InChI=1S/C15H14ClNO2/c16-12-5-1-4-11-9(7-8-14(18)19)10-3-2-6-13(10)17-15(11)12/h1,4-5H,2-3,6-8H2,(H,18,19). The number of para-hydroxylation sites is 1. The highest BCUT2D eigenvalue weighted by atomic mass is 35.5. The van der Waals surface area contributed by atoms with Crippen molar-refractivity contribution >= 4 is 28.5 Å². The fraction of sp³-hybridized carbons (Fsp3) is 0.333. The minimum atomic E-state index is -0.765. The van der Waals surface area contributed by atoms with Gasteiger partial charge in [0, 0.05) is 17.5 Å². The predicted octanol–water partition coefficient (Wildman–Crippen LogP) is 3.39. The molecule has 0 atom stereocenters. The van der Waals surface area contributed by atoms with E-state index in [2.05, 4.69) is 4.98 Å². The van der Waals surface area contributed by atoms with Gasteiger partial charge in [0.25, 0.3) is 0 Å². The number of hydrogen-bond donors (Lipinski definition) is 1. The molecule has 3 nitrogen and oxygen atoms in total. The number of pyridine rings is 1. The summed E-state index contributed by atoms with van der Waals surface area (Å²) in [5, 5.41) is 10.6. The van der Waals surface area contributed by atoms with Gasteiger partial charge in [-0.25, -0.2) is 0 Å². The number of aliphatic carboxylic acids is 1. The molecule has 0 radical (unpaired) electrons. The van der Waals surface area contributed by atoms with E-state index in [0.29, 0.717) is 11.4 Å². The molecule has 0 fully saturated rings. The van der Waals surface area contributed by atoms with Crippen LogP contribution in [-0.2, 0) is 24.1 Å². The van der Waals surface area contributed by atoms with E-state index in [1.54, 1.807) is 0 Å². The third-order valence-electron chi connectivity index (χ3n) is 3.70. The van der Waals surface area contributed by atoms with Gasteiger partial charge >= 0.3 is 5.97 Å². The lowest BCUT2D eigenvalue weighted by molar-refractivity contribution is -0.136. The predicted molar refractivity (Wildman–Crippen MR) is 74.7 cm³/mol. The van der Waals surface area contributed by atoms with E-state index in [1.165, 1.54) is 5.56 Å². The Labute approximate surface area is 116 Å². The first-order valence-corrected chi connectivity index (χ1v) is 6.85. The van der Waals surface area contributed by atoms with Gasteiger partial charge in [0.05, 0.1) is 10.5 Å². The van der Waals surface area contributed by atoms with Crippen molar-refractivity contribution in [3.05, 3.63) is 40.0 Å². The number of aryl methyl sites for hydroxylation is 2. The third kappa shape index (κ3) is 2.19. The molecule has 98 valence electrons. The van der Waals surface area contributed by atoms with Gasteiger partial charge in [-0.05, 0) is 42.9 Å². The van der Waals surface area contributed by atoms with Crippen LogP contribution in [0.4, 0.5) is 0 Å². The number of fused-ring (bicyclic) bond motifs is 2. The Morgan fingerprint density at radius 3 is 3.00 bits per heavy atom. The van der Waals surface area contributed by atoms with E-state index in [-0.39, 0.29) is 6.42 Å². The monoisotopic (exact) mass is 275 g/mol. The van der Waals surface area contributed by atoms with Crippen LogP contribution in [0, 0.1) is 0 Å². The van der Waals surface area contributed by atoms with Gasteiger partial charge in [0.2, 0.25) is 0 Å². The molecule has 2 aromatic rings. The van der Waals surface area contributed by atoms with Crippen LogP contribution in [0.1, 0.15) is 29.7 Å². The Balaban J connectivity index is 2.21. The van der Waals surface area contributed by atoms with Crippen molar-refractivity contribution in [1.29, 1.82) is 0 Å². The molecular weight excluding hydrogens is 262 g/mol. The van der Waals surface area contributed by atoms with Crippen LogP contribution in [0.3, 0.4) is 0 Å². The number of nitrogens with zero attached hydrogens (tertiary/aromatic N) is 1. The summed E-state index contributed by atoms with van der Waals surface area (Å²) in [6, 6.07) is 5.72. The molecule has 0 aliphatic heterocycles. The fourth-order valence-electron chi connectivity index (χ4n) is 2.86. The molecule has 0 saturated carbocycles. The van der Waals surface area contributed by atoms with Crippen LogP contribution in [0.5, 0.6) is 0 Å². The van der Waals surface area contributed by atoms with Crippen molar-refractivity contribution in [3.63, 3.8) is 0 Å². The normalized spacial score (nSPS) is 13.7. The Hall–Kier alpha value is -1.61. The van der Waals surface area contributed by atoms with Gasteiger partial charge in [0.15, 0.2) is 0 Å². The summed E-state index contributed by atoms with van der Waals surface area (Å²) in [6.07, 6.45) is 3.77. The van der Waals surface area contributed by atoms with Crippen molar-refractivity contribution in [2.75, 3.05) is 0 Å². The maximum atomic E-state index is 10.8. The molecule has 3 rings (SSSR count). The minimum Gasteiger partial charge on any atom is -0.481 e. The van der Waals surface area contributed by atoms with E-state index < -0.39 is 5.97 Å². The van der Waals surface area contributed by atoms with Crippen LogP contribution in [0.15, 0.2) is 18.2 Å². The molecule has 0 unspecified atom stereocenters. The average molecular weight is 276 g/mol. The summed E-state index contributed by atoms with van der Waals surface area (Å²) in [5.74, 6) is -0.765. The summed E-state index contributed by atoms with van der Waals surface area (Å²) >= 11 is 6.21. The molecule has 1 aliphatic carbocycles. The number of carboxylic acids is 1. The van der Waals surface area contributed by atoms with E-state index in [1.807, 2.05) is 18.2 Å². The molecule has 0 bridgehead atoms. The molecule has 1 aromatic carbocycles. The number of halogens is 1. The number of rotatable bonds is 3. The van der Waals surface area contributed by atoms with Crippen molar-refractivity contribution in [2.24, 2.45) is 0 Å². The Morgan fingerprint density at radius 1 is 1.37 bits per heavy atom. The Morgan fingerprint density at radius 2 is 2.21 bits per heavy atom. The smallest absolute Gasteiger partial charge is 0.303 e. The van der Waals surface area contributed by atoms with Gasteiger partial charge < -0.3 is 5.11 Å². The van der Waals surface area contributed by atoms with Crippen LogP contribution in [0.25, 0.3) is 10.9 Å². The highest BCUT2D eigenvalue weighted by Crippen LogP contribution is 2.33. The summed E-state index contributed by atoms with van der Waals surface area (Å²) in [4.78, 5) is 15.5. The second-order valence-electron chi connectivity index (χ2n) is 4.90. The first kappa shape index (κ1) is 12.4. The highest BCUT2D eigenvalue weighted by molar-refractivity contribution is 6.35. The van der Waals surface area contributed by atoms with Gasteiger partial charge in [0.1, 0.15) is 0 Å². The van der Waals surface area contributed by atoms with Gasteiger partial charge in [-0.2, -0.15) is 0 Å². The van der Waals surface area contributed by atoms with Crippen LogP contribution in [0.2, 0.25) is 5.02 Å². The van der Waals surface area contributed by atoms with E-state index in [9.17, 15) is 4.79 Å². The molecule has 0 amide bonds. The van der Waals surface area contributed by atoms with E-state index in [4.69, 9.17) is 16.7 Å². The van der Waals surface area contributed by atoms with Crippen molar-refractivity contribution in [3.8, 4) is 0 Å². The first-order valence-electron chi connectivity index (χ1n) is 6.47. The number of aromatic nitrogens is 1. The molecule has 1 N–H and O–H groups in total. The fourth-order valence-corrected chi connectivity index (χ4v) is 3.08. The topological polar surface area (TPSA) is 50.2 Å². The lowest BCUT2D eigenvalue weighted by atomic mass is 9.97. The molecule has 0 saturated heterocycles. The zero-order valence-electron chi connectivity index (χ0n) is 10.4. The lowest BCUT2D eigenvalue weighted by Crippen LogP contribution is -2.03. The maximum Gasteiger partial charge on any atom is 0.303 e. The zero-order valence-corrected chi connectivity index (χ0v) is 11.2. The highest BCUT2D eigenvalue weighted by Gasteiger charge is 2.20. The number of carboxylic acid groups (broad SMARTS) is 1. The molecule has 4 heteroatoms. The van der Waals surface area contributed by atoms with Gasteiger partial charge in [-0.1, -0.05) is 23.7 Å². The molecule has 1 heterocycles. The first-order chi connectivity index (χ1) is 9.16. The average Bonchev–Trinajstić information content (AvgIpc) is 2.83. The summed E-state index contributed by atoms with van der Waals surface area (Å²) in [5.41, 5.74) is 4.28. The second kappa shape index (κ2) is 4.82. The minimum absolute atomic E-state index is 0.151. The molecule has 1 aromatic heterocycles. The number of benzene rings is 1. The van der Waals surface area contributed by atoms with Crippen LogP contribution in [-0.4, -0.2) is 16.1 Å². The largest absolute Gasteiger partial charge is 0.481 e. The second-order valence-corrected chi connectivity index (χ2v) is 5.31. The number of carbonyl (C=O) groups is 1.